The van der Waals surface area contributed by atoms with Gasteiger partial charge in [0, 0.05) is 6.07 Å². The Morgan fingerprint density at radius 2 is 2.00 bits per heavy atom. The van der Waals surface area contributed by atoms with E-state index >= 15 is 0 Å². The zero-order valence-corrected chi connectivity index (χ0v) is 12.2. The first-order chi connectivity index (χ1) is 10.4. The SMILES string of the molecule is Cc1nc(-c2ccc(F)cc2F)nc2sc(C(N)=O)c(N)c12. The molecule has 0 fully saturated rings. The molecular weight excluding hydrogens is 310 g/mol. The van der Waals surface area contributed by atoms with Gasteiger partial charge in [-0.15, -0.1) is 11.3 Å². The van der Waals surface area contributed by atoms with Crippen LogP contribution in [0.2, 0.25) is 0 Å². The minimum Gasteiger partial charge on any atom is -0.397 e. The van der Waals surface area contributed by atoms with Crippen molar-refractivity contribution < 1.29 is 13.6 Å². The lowest BCUT2D eigenvalue weighted by atomic mass is 10.1. The van der Waals surface area contributed by atoms with Gasteiger partial charge in [0.25, 0.3) is 5.91 Å². The van der Waals surface area contributed by atoms with Crippen LogP contribution in [0.15, 0.2) is 18.2 Å². The molecule has 1 aromatic carbocycles. The van der Waals surface area contributed by atoms with Gasteiger partial charge in [0.1, 0.15) is 21.3 Å². The second-order valence-electron chi connectivity index (χ2n) is 4.65. The fourth-order valence-corrected chi connectivity index (χ4v) is 3.17. The fraction of sp³-hybridized carbons (Fsp3) is 0.0714. The first kappa shape index (κ1) is 14.3. The van der Waals surface area contributed by atoms with E-state index in [2.05, 4.69) is 9.97 Å². The van der Waals surface area contributed by atoms with Crippen molar-refractivity contribution in [1.29, 1.82) is 0 Å². The van der Waals surface area contributed by atoms with Crippen molar-refractivity contribution in [2.45, 2.75) is 6.92 Å². The second-order valence-corrected chi connectivity index (χ2v) is 5.65. The highest BCUT2D eigenvalue weighted by molar-refractivity contribution is 7.21. The number of aromatic nitrogens is 2. The van der Waals surface area contributed by atoms with E-state index in [1.54, 1.807) is 6.92 Å². The largest absolute Gasteiger partial charge is 0.397 e. The molecule has 0 aliphatic rings. The Kier molecular flexibility index (Phi) is 3.25. The number of hydrogen-bond donors (Lipinski definition) is 2. The third-order valence-electron chi connectivity index (χ3n) is 3.17. The van der Waals surface area contributed by atoms with Crippen LogP contribution in [0, 0.1) is 18.6 Å². The van der Waals surface area contributed by atoms with Gasteiger partial charge in [-0.05, 0) is 19.1 Å². The lowest BCUT2D eigenvalue weighted by Crippen LogP contribution is -2.10. The predicted octanol–water partition coefficient (Wildman–Crippen LogP) is 2.63. The number of nitrogens with zero attached hydrogens (tertiary/aromatic N) is 2. The van der Waals surface area contributed by atoms with Crippen LogP contribution in [-0.4, -0.2) is 15.9 Å². The number of amides is 1. The van der Waals surface area contributed by atoms with Gasteiger partial charge < -0.3 is 11.5 Å². The Morgan fingerprint density at radius 3 is 2.64 bits per heavy atom. The van der Waals surface area contributed by atoms with Crippen LogP contribution in [0.3, 0.4) is 0 Å². The second kappa shape index (κ2) is 4.99. The Hall–Kier alpha value is -2.61. The van der Waals surface area contributed by atoms with Crippen LogP contribution in [0.4, 0.5) is 14.5 Å². The molecule has 0 radical (unpaired) electrons. The van der Waals surface area contributed by atoms with Crippen LogP contribution < -0.4 is 11.5 Å². The number of hydrogen-bond acceptors (Lipinski definition) is 5. The number of thiophene rings is 1. The number of halogens is 2. The number of carbonyl (C=O) groups is 1. The van der Waals surface area contributed by atoms with Gasteiger partial charge in [0.2, 0.25) is 0 Å². The molecule has 2 aromatic heterocycles. The number of anilines is 1. The highest BCUT2D eigenvalue weighted by atomic mass is 32.1. The fourth-order valence-electron chi connectivity index (χ4n) is 2.17. The third kappa shape index (κ3) is 2.17. The number of nitrogen functional groups attached to an aromatic ring is 1. The average Bonchev–Trinajstić information content (AvgIpc) is 2.76. The molecule has 1 amide bonds. The number of aryl methyl sites for hydroxylation is 1. The van der Waals surface area contributed by atoms with E-state index in [1.807, 2.05) is 0 Å². The molecule has 0 bridgehead atoms. The molecule has 3 aromatic rings. The van der Waals surface area contributed by atoms with E-state index in [0.717, 1.165) is 23.5 Å². The molecule has 8 heteroatoms. The molecule has 4 N–H and O–H groups in total. The highest BCUT2D eigenvalue weighted by Gasteiger charge is 2.19. The standard InChI is InChI=1S/C14H10F2N4OS/c1-5-9-10(17)11(12(18)21)22-14(9)20-13(19-5)7-3-2-6(15)4-8(7)16/h2-4H,17H2,1H3,(H2,18,21). The summed E-state index contributed by atoms with van der Waals surface area (Å²) >= 11 is 1.02. The summed E-state index contributed by atoms with van der Waals surface area (Å²) in [7, 11) is 0. The van der Waals surface area contributed by atoms with Crippen LogP contribution in [0.1, 0.15) is 15.4 Å². The summed E-state index contributed by atoms with van der Waals surface area (Å²) in [5, 5.41) is 0.519. The summed E-state index contributed by atoms with van der Waals surface area (Å²) < 4.78 is 26.9. The number of primary amides is 1. The Labute approximate surface area is 127 Å². The van der Waals surface area contributed by atoms with E-state index < -0.39 is 17.5 Å². The topological polar surface area (TPSA) is 94.9 Å². The van der Waals surface area contributed by atoms with Gasteiger partial charge in [0.05, 0.1) is 22.3 Å². The molecule has 22 heavy (non-hydrogen) atoms. The van der Waals surface area contributed by atoms with E-state index in [0.29, 0.717) is 15.9 Å². The van der Waals surface area contributed by atoms with Gasteiger partial charge >= 0.3 is 0 Å². The average molecular weight is 320 g/mol. The zero-order valence-electron chi connectivity index (χ0n) is 11.4. The van der Waals surface area contributed by atoms with Crippen molar-refractivity contribution in [2.24, 2.45) is 5.73 Å². The lowest BCUT2D eigenvalue weighted by Gasteiger charge is -2.04. The normalized spacial score (nSPS) is 11.0. The summed E-state index contributed by atoms with van der Waals surface area (Å²) in [6.07, 6.45) is 0. The monoisotopic (exact) mass is 320 g/mol. The van der Waals surface area contributed by atoms with Gasteiger partial charge in [-0.25, -0.2) is 18.7 Å². The molecule has 3 rings (SSSR count). The highest BCUT2D eigenvalue weighted by Crippen LogP contribution is 2.35. The summed E-state index contributed by atoms with van der Waals surface area (Å²) in [5.41, 5.74) is 11.9. The maximum Gasteiger partial charge on any atom is 0.260 e. The number of rotatable bonds is 2. The van der Waals surface area contributed by atoms with Gasteiger partial charge in [-0.2, -0.15) is 0 Å². The van der Waals surface area contributed by atoms with Crippen LogP contribution >= 0.6 is 11.3 Å². The van der Waals surface area contributed by atoms with Crippen molar-refractivity contribution in [2.75, 3.05) is 5.73 Å². The first-order valence-corrected chi connectivity index (χ1v) is 7.02. The Balaban J connectivity index is 2.27. The summed E-state index contributed by atoms with van der Waals surface area (Å²) in [6, 6.07) is 3.14. The van der Waals surface area contributed by atoms with Crippen molar-refractivity contribution in [3.63, 3.8) is 0 Å². The number of benzene rings is 1. The number of nitrogens with two attached hydrogens (primary N) is 2. The Bertz CT molecular complexity index is 923. The van der Waals surface area contributed by atoms with Gasteiger partial charge in [-0.1, -0.05) is 0 Å². The molecule has 0 atom stereocenters. The van der Waals surface area contributed by atoms with Crippen LogP contribution in [0.5, 0.6) is 0 Å². The maximum atomic E-state index is 13.9. The lowest BCUT2D eigenvalue weighted by molar-refractivity contribution is 0.100. The molecule has 0 aliphatic heterocycles. The molecule has 2 heterocycles. The van der Waals surface area contributed by atoms with Gasteiger partial charge in [-0.3, -0.25) is 4.79 Å². The quantitative estimate of drug-likeness (QED) is 0.759. The molecule has 0 unspecified atom stereocenters. The van der Waals surface area contributed by atoms with Crippen LogP contribution in [0.25, 0.3) is 21.6 Å². The molecular formula is C14H10F2N4OS. The van der Waals surface area contributed by atoms with Gasteiger partial charge in [0.15, 0.2) is 5.82 Å². The predicted molar refractivity (Wildman–Crippen MR) is 80.4 cm³/mol. The third-order valence-corrected chi connectivity index (χ3v) is 4.28. The zero-order chi connectivity index (χ0) is 16.0. The molecule has 0 spiro atoms. The molecule has 0 saturated carbocycles. The molecule has 5 nitrogen and oxygen atoms in total. The van der Waals surface area contributed by atoms with Crippen LogP contribution in [-0.2, 0) is 0 Å². The van der Waals surface area contributed by atoms with Crippen molar-refractivity contribution >= 4 is 33.1 Å². The minimum atomic E-state index is -0.765. The van der Waals surface area contributed by atoms with E-state index in [1.165, 1.54) is 6.07 Å². The molecule has 112 valence electrons. The van der Waals surface area contributed by atoms with E-state index in [9.17, 15) is 13.6 Å². The number of carbonyl (C=O) groups excluding carboxylic acids is 1. The van der Waals surface area contributed by atoms with Crippen molar-refractivity contribution in [1.82, 2.24) is 9.97 Å². The molecule has 0 aliphatic carbocycles. The summed E-state index contributed by atoms with van der Waals surface area (Å²) in [4.78, 5) is 20.4. The first-order valence-electron chi connectivity index (χ1n) is 6.20. The summed E-state index contributed by atoms with van der Waals surface area (Å²) in [6.45, 7) is 1.67. The van der Waals surface area contributed by atoms with E-state index in [4.69, 9.17) is 11.5 Å². The van der Waals surface area contributed by atoms with Crippen molar-refractivity contribution in [3.8, 4) is 11.4 Å². The molecule has 0 saturated heterocycles. The van der Waals surface area contributed by atoms with E-state index in [-0.39, 0.29) is 22.0 Å². The summed E-state index contributed by atoms with van der Waals surface area (Å²) in [5.74, 6) is -2.01. The maximum absolute atomic E-state index is 13.9. The minimum absolute atomic E-state index is 0.0685. The van der Waals surface area contributed by atoms with Crippen molar-refractivity contribution in [3.05, 3.63) is 40.4 Å². The smallest absolute Gasteiger partial charge is 0.260 e. The number of fused-ring (bicyclic) bond motifs is 1. The Morgan fingerprint density at radius 1 is 1.27 bits per heavy atom.